The molecule has 1 N–H and O–H groups in total. The van der Waals surface area contributed by atoms with Crippen LogP contribution in [0.5, 0.6) is 5.75 Å². The van der Waals surface area contributed by atoms with Gasteiger partial charge in [0.2, 0.25) is 21.8 Å². The topological polar surface area (TPSA) is 96.0 Å². The summed E-state index contributed by atoms with van der Waals surface area (Å²) in [5.41, 5.74) is 2.41. The van der Waals surface area contributed by atoms with E-state index in [1.165, 1.54) is 18.1 Å². The zero-order chi connectivity index (χ0) is 24.5. The van der Waals surface area contributed by atoms with E-state index < -0.39 is 10.0 Å². The van der Waals surface area contributed by atoms with Crippen LogP contribution in [-0.4, -0.2) is 46.3 Å². The molecule has 1 aliphatic carbocycles. The number of hydrogen-bond acceptors (Lipinski definition) is 6. The molecule has 1 aliphatic heterocycles. The van der Waals surface area contributed by atoms with Crippen molar-refractivity contribution >= 4 is 27.5 Å². The van der Waals surface area contributed by atoms with Gasteiger partial charge in [0.1, 0.15) is 10.6 Å². The highest BCUT2D eigenvalue weighted by atomic mass is 32.2. The largest absolute Gasteiger partial charge is 0.495 e. The first-order chi connectivity index (χ1) is 16.2. The third-order valence-corrected chi connectivity index (χ3v) is 8.13. The monoisotopic (exact) mass is 485 g/mol. The van der Waals surface area contributed by atoms with Crippen molar-refractivity contribution in [3.8, 4) is 5.75 Å². The second kappa shape index (κ2) is 9.76. The van der Waals surface area contributed by atoms with E-state index >= 15 is 0 Å². The van der Waals surface area contributed by atoms with Gasteiger partial charge in [0, 0.05) is 26.3 Å². The summed E-state index contributed by atoms with van der Waals surface area (Å²) < 4.78 is 34.2. The number of likely N-dealkylation sites (tertiary alicyclic amines) is 1. The highest BCUT2D eigenvalue weighted by Gasteiger charge is 2.47. The van der Waals surface area contributed by atoms with Crippen LogP contribution in [0.4, 0.5) is 5.69 Å². The Bertz CT molecular complexity index is 1150. The maximum absolute atomic E-state index is 13.1. The number of rotatable bonds is 8. The summed E-state index contributed by atoms with van der Waals surface area (Å²) in [6, 6.07) is 12.3. The van der Waals surface area contributed by atoms with Gasteiger partial charge in [-0.25, -0.2) is 13.1 Å². The lowest BCUT2D eigenvalue weighted by Crippen LogP contribution is -2.30. The van der Waals surface area contributed by atoms with Crippen LogP contribution < -0.4 is 14.4 Å². The van der Waals surface area contributed by atoms with Crippen LogP contribution in [0.1, 0.15) is 36.8 Å². The average molecular weight is 486 g/mol. The second-order valence-corrected chi connectivity index (χ2v) is 10.9. The molecule has 0 unspecified atom stereocenters. The maximum atomic E-state index is 13.1. The summed E-state index contributed by atoms with van der Waals surface area (Å²) in [4.78, 5) is 28.9. The number of benzene rings is 2. The Hall–Kier alpha value is -2.91. The minimum atomic E-state index is -3.91. The number of amides is 2. The van der Waals surface area contributed by atoms with Crippen molar-refractivity contribution < 1.29 is 22.7 Å². The molecule has 4 rings (SSSR count). The van der Waals surface area contributed by atoms with E-state index in [0.717, 1.165) is 36.9 Å². The van der Waals surface area contributed by atoms with E-state index in [2.05, 4.69) is 4.72 Å². The lowest BCUT2D eigenvalue weighted by molar-refractivity contribution is -0.140. The lowest BCUT2D eigenvalue weighted by atomic mass is 9.81. The van der Waals surface area contributed by atoms with Crippen LogP contribution in [0, 0.1) is 11.8 Å². The maximum Gasteiger partial charge on any atom is 0.244 e. The van der Waals surface area contributed by atoms with Gasteiger partial charge < -0.3 is 9.64 Å². The zero-order valence-corrected chi connectivity index (χ0v) is 20.6. The number of methoxy groups -OCH3 is 1. The SMILES string of the molecule is COc1ccc(CN2C(=O)[C@H]3CCCC[C@@H]3C2=O)cc1S(=O)(=O)NCc1ccc(N(C)C)cc1. The van der Waals surface area contributed by atoms with Crippen molar-refractivity contribution in [3.05, 3.63) is 53.6 Å². The van der Waals surface area contributed by atoms with Crippen molar-refractivity contribution in [1.29, 1.82) is 0 Å². The molecule has 1 saturated carbocycles. The molecule has 182 valence electrons. The lowest BCUT2D eigenvalue weighted by Gasteiger charge is -2.19. The Labute approximate surface area is 200 Å². The summed E-state index contributed by atoms with van der Waals surface area (Å²) in [7, 11) is 1.38. The fraction of sp³-hybridized carbons (Fsp3) is 0.440. The molecule has 0 radical (unpaired) electrons. The fourth-order valence-corrected chi connectivity index (χ4v) is 6.00. The number of ether oxygens (including phenoxy) is 1. The molecule has 0 bridgehead atoms. The van der Waals surface area contributed by atoms with Gasteiger partial charge >= 0.3 is 0 Å². The van der Waals surface area contributed by atoms with Crippen molar-refractivity contribution in [3.63, 3.8) is 0 Å². The van der Waals surface area contributed by atoms with E-state index in [1.807, 2.05) is 43.3 Å². The Morgan fingerprint density at radius 3 is 2.12 bits per heavy atom. The van der Waals surface area contributed by atoms with Crippen LogP contribution in [0.25, 0.3) is 0 Å². The van der Waals surface area contributed by atoms with Crippen molar-refractivity contribution in [2.24, 2.45) is 11.8 Å². The fourth-order valence-electron chi connectivity index (χ4n) is 4.77. The number of imide groups is 1. The summed E-state index contributed by atoms with van der Waals surface area (Å²) >= 11 is 0. The second-order valence-electron chi connectivity index (χ2n) is 9.13. The highest BCUT2D eigenvalue weighted by molar-refractivity contribution is 7.89. The Morgan fingerprint density at radius 2 is 1.56 bits per heavy atom. The van der Waals surface area contributed by atoms with Crippen molar-refractivity contribution in [1.82, 2.24) is 9.62 Å². The third kappa shape index (κ3) is 4.81. The van der Waals surface area contributed by atoms with Gasteiger partial charge in [0.25, 0.3) is 0 Å². The van der Waals surface area contributed by atoms with E-state index in [9.17, 15) is 18.0 Å². The number of nitrogens with zero attached hydrogens (tertiary/aromatic N) is 2. The molecule has 1 saturated heterocycles. The normalized spacial score (nSPS) is 20.4. The van der Waals surface area contributed by atoms with Gasteiger partial charge in [-0.2, -0.15) is 0 Å². The molecule has 0 aromatic heterocycles. The van der Waals surface area contributed by atoms with Crippen molar-refractivity contribution in [2.75, 3.05) is 26.1 Å². The van der Waals surface area contributed by atoms with Crippen LogP contribution in [0.2, 0.25) is 0 Å². The Morgan fingerprint density at radius 1 is 0.971 bits per heavy atom. The number of fused-ring (bicyclic) bond motifs is 1. The third-order valence-electron chi connectivity index (χ3n) is 6.71. The van der Waals surface area contributed by atoms with E-state index in [-0.39, 0.29) is 47.4 Å². The van der Waals surface area contributed by atoms with Crippen LogP contribution in [0.15, 0.2) is 47.4 Å². The zero-order valence-electron chi connectivity index (χ0n) is 19.8. The number of hydrogen-bond donors (Lipinski definition) is 1. The molecule has 2 fully saturated rings. The molecule has 2 aromatic carbocycles. The van der Waals surface area contributed by atoms with E-state index in [4.69, 9.17) is 4.74 Å². The van der Waals surface area contributed by atoms with Crippen molar-refractivity contribution in [2.45, 2.75) is 43.7 Å². The molecule has 2 aliphatic rings. The molecule has 0 spiro atoms. The molecule has 2 aromatic rings. The van der Waals surface area contributed by atoms with E-state index in [1.54, 1.807) is 12.1 Å². The summed E-state index contributed by atoms with van der Waals surface area (Å²) in [6.07, 6.45) is 3.41. The molecular weight excluding hydrogens is 454 g/mol. The van der Waals surface area contributed by atoms with Crippen LogP contribution in [-0.2, 0) is 32.7 Å². The standard InChI is InChI=1S/C25H31N3O5S/c1-27(2)19-11-8-17(9-12-19)15-26-34(31,32)23-14-18(10-13-22(23)33-3)16-28-24(29)20-6-4-5-7-21(20)25(28)30/h8-14,20-21,26H,4-7,15-16H2,1-3H3/t20-,21-/m0/s1. The first-order valence-electron chi connectivity index (χ1n) is 11.5. The molecule has 9 heteroatoms. The summed E-state index contributed by atoms with van der Waals surface area (Å²) in [6.45, 7) is 0.180. The predicted octanol–water partition coefficient (Wildman–Crippen LogP) is 2.91. The van der Waals surface area contributed by atoms with Gasteiger partial charge in [-0.15, -0.1) is 0 Å². The molecule has 1 heterocycles. The molecule has 2 atom stereocenters. The number of nitrogens with one attached hydrogen (secondary N) is 1. The predicted molar refractivity (Wildman–Crippen MR) is 129 cm³/mol. The Balaban J connectivity index is 1.52. The van der Waals surface area contributed by atoms with Gasteiger partial charge in [-0.3, -0.25) is 14.5 Å². The van der Waals surface area contributed by atoms with Crippen LogP contribution in [0.3, 0.4) is 0 Å². The average Bonchev–Trinajstić information content (AvgIpc) is 3.08. The van der Waals surface area contributed by atoms with Crippen LogP contribution >= 0.6 is 0 Å². The van der Waals surface area contributed by atoms with Gasteiger partial charge in [0.05, 0.1) is 25.5 Å². The number of sulfonamides is 1. The van der Waals surface area contributed by atoms with E-state index in [0.29, 0.717) is 5.56 Å². The van der Waals surface area contributed by atoms with Gasteiger partial charge in [0.15, 0.2) is 0 Å². The molecular formula is C25H31N3O5S. The number of carbonyl (C=O) groups excluding carboxylic acids is 2. The smallest absolute Gasteiger partial charge is 0.244 e. The Kier molecular flexibility index (Phi) is 6.95. The molecule has 8 nitrogen and oxygen atoms in total. The first kappa shape index (κ1) is 24.2. The quantitative estimate of drug-likeness (QED) is 0.578. The summed E-state index contributed by atoms with van der Waals surface area (Å²) in [5.74, 6) is -0.554. The summed E-state index contributed by atoms with van der Waals surface area (Å²) in [5, 5.41) is 0. The minimum absolute atomic E-state index is 0.0195. The number of anilines is 1. The first-order valence-corrected chi connectivity index (χ1v) is 13.0. The number of carbonyl (C=O) groups is 2. The highest BCUT2D eigenvalue weighted by Crippen LogP contribution is 2.39. The van der Waals surface area contributed by atoms with Gasteiger partial charge in [-0.1, -0.05) is 31.0 Å². The minimum Gasteiger partial charge on any atom is -0.495 e. The molecule has 2 amide bonds. The molecule has 34 heavy (non-hydrogen) atoms. The van der Waals surface area contributed by atoms with Gasteiger partial charge in [-0.05, 0) is 48.2 Å².